The van der Waals surface area contributed by atoms with Crippen molar-refractivity contribution in [3.8, 4) is 6.07 Å². The topological polar surface area (TPSA) is 116 Å². The summed E-state index contributed by atoms with van der Waals surface area (Å²) in [6.45, 7) is 0.179. The predicted octanol–water partition coefficient (Wildman–Crippen LogP) is 0.684. The molecule has 0 saturated heterocycles. The molecule has 20 heavy (non-hydrogen) atoms. The number of hydrogen-bond acceptors (Lipinski definition) is 5. The van der Waals surface area contributed by atoms with Crippen LogP contribution in [0.25, 0.3) is 0 Å². The van der Waals surface area contributed by atoms with Crippen molar-refractivity contribution in [3.63, 3.8) is 0 Å². The van der Waals surface area contributed by atoms with Crippen LogP contribution >= 0.6 is 0 Å². The van der Waals surface area contributed by atoms with Crippen LogP contribution in [0.1, 0.15) is 11.1 Å². The molecule has 0 aliphatic carbocycles. The van der Waals surface area contributed by atoms with E-state index in [-0.39, 0.29) is 17.3 Å². The first-order valence-corrected chi connectivity index (χ1v) is 7.13. The van der Waals surface area contributed by atoms with Crippen molar-refractivity contribution >= 4 is 15.8 Å². The van der Waals surface area contributed by atoms with Crippen molar-refractivity contribution in [1.82, 2.24) is 14.5 Å². The molecule has 0 bridgehead atoms. The van der Waals surface area contributed by atoms with Gasteiger partial charge in [0.1, 0.15) is 10.7 Å². The van der Waals surface area contributed by atoms with E-state index in [0.29, 0.717) is 5.56 Å². The molecule has 0 unspecified atom stereocenters. The Bertz CT molecular complexity index is 743. The van der Waals surface area contributed by atoms with Gasteiger partial charge in [0.15, 0.2) is 0 Å². The Labute approximate surface area is 116 Å². The Morgan fingerprint density at radius 2 is 2.05 bits per heavy atom. The fourth-order valence-corrected chi connectivity index (χ4v) is 2.85. The maximum Gasteiger partial charge on any atom is 0.248 e. The summed E-state index contributed by atoms with van der Waals surface area (Å²) in [6, 6.07) is 8.71. The number of rotatable bonds is 4. The quantitative estimate of drug-likeness (QED) is 0.859. The van der Waals surface area contributed by atoms with E-state index in [1.165, 1.54) is 17.5 Å². The first-order chi connectivity index (χ1) is 9.45. The van der Waals surface area contributed by atoms with Crippen LogP contribution in [0.4, 0.5) is 5.82 Å². The monoisotopic (exact) mass is 291 g/mol. The lowest BCUT2D eigenvalue weighted by Crippen LogP contribution is -2.26. The smallest absolute Gasteiger partial charge is 0.248 e. The normalized spacial score (nSPS) is 11.4. The highest BCUT2D eigenvalue weighted by Crippen LogP contribution is 2.20. The van der Waals surface area contributed by atoms with Gasteiger partial charge in [0.25, 0.3) is 0 Å². The Hall–Kier alpha value is -2.37. The number of sulfonamides is 1. The van der Waals surface area contributed by atoms with Gasteiger partial charge in [0.2, 0.25) is 10.0 Å². The number of nitrogens with zero attached hydrogens (tertiary/aromatic N) is 3. The SMILES string of the molecule is CN(Cc1ccc(C#N)cc1)S(=O)(=O)c1cn[nH]c1N. The Balaban J connectivity index is 2.21. The molecule has 2 aromatic rings. The Morgan fingerprint density at radius 1 is 1.40 bits per heavy atom. The van der Waals surface area contributed by atoms with E-state index in [1.807, 2.05) is 6.07 Å². The summed E-state index contributed by atoms with van der Waals surface area (Å²) in [5.41, 5.74) is 6.84. The van der Waals surface area contributed by atoms with E-state index in [0.717, 1.165) is 5.56 Å². The summed E-state index contributed by atoms with van der Waals surface area (Å²) in [6.07, 6.45) is 1.18. The van der Waals surface area contributed by atoms with Crippen molar-refractivity contribution in [2.45, 2.75) is 11.4 Å². The van der Waals surface area contributed by atoms with Gasteiger partial charge in [-0.05, 0) is 17.7 Å². The highest BCUT2D eigenvalue weighted by Gasteiger charge is 2.24. The summed E-state index contributed by atoms with van der Waals surface area (Å²) in [4.78, 5) is -0.0476. The highest BCUT2D eigenvalue weighted by atomic mass is 32.2. The molecule has 0 amide bonds. The van der Waals surface area contributed by atoms with Gasteiger partial charge < -0.3 is 5.73 Å². The molecule has 0 radical (unpaired) electrons. The average molecular weight is 291 g/mol. The van der Waals surface area contributed by atoms with E-state index in [9.17, 15) is 8.42 Å². The summed E-state index contributed by atoms with van der Waals surface area (Å²) in [7, 11) is -2.23. The zero-order valence-electron chi connectivity index (χ0n) is 10.7. The van der Waals surface area contributed by atoms with Gasteiger partial charge in [-0.15, -0.1) is 0 Å². The molecule has 8 heteroatoms. The summed E-state index contributed by atoms with van der Waals surface area (Å²) < 4.78 is 25.7. The molecule has 7 nitrogen and oxygen atoms in total. The number of hydrogen-bond donors (Lipinski definition) is 2. The third kappa shape index (κ3) is 2.64. The number of nitrogens with one attached hydrogen (secondary N) is 1. The molecule has 0 aliphatic heterocycles. The fourth-order valence-electron chi connectivity index (χ4n) is 1.69. The Kier molecular flexibility index (Phi) is 3.74. The molecule has 104 valence electrons. The molecule has 0 atom stereocenters. The minimum Gasteiger partial charge on any atom is -0.383 e. The number of nitrogen functional groups attached to an aromatic ring is 1. The van der Waals surface area contributed by atoms with Crippen LogP contribution < -0.4 is 5.73 Å². The van der Waals surface area contributed by atoms with Gasteiger partial charge in [-0.2, -0.15) is 14.7 Å². The summed E-state index contributed by atoms with van der Waals surface area (Å²) >= 11 is 0. The Morgan fingerprint density at radius 3 is 2.55 bits per heavy atom. The van der Waals surface area contributed by atoms with E-state index in [1.54, 1.807) is 24.3 Å². The standard InChI is InChI=1S/C12H13N5O2S/c1-17(8-10-4-2-9(6-13)3-5-10)20(18,19)11-7-15-16-12(11)14/h2-5,7H,8H2,1H3,(H3,14,15,16). The summed E-state index contributed by atoms with van der Waals surface area (Å²) in [5, 5.41) is 14.7. The van der Waals surface area contributed by atoms with Crippen LogP contribution in [0.3, 0.4) is 0 Å². The van der Waals surface area contributed by atoms with Gasteiger partial charge >= 0.3 is 0 Å². The average Bonchev–Trinajstić information content (AvgIpc) is 2.86. The molecule has 0 aliphatic rings. The lowest BCUT2D eigenvalue weighted by molar-refractivity contribution is 0.467. The number of aromatic nitrogens is 2. The van der Waals surface area contributed by atoms with E-state index in [2.05, 4.69) is 10.2 Å². The van der Waals surface area contributed by atoms with Gasteiger partial charge in [-0.3, -0.25) is 5.10 Å². The number of H-pyrrole nitrogens is 1. The maximum absolute atomic E-state index is 12.3. The predicted molar refractivity (Wildman–Crippen MR) is 72.8 cm³/mol. The molecule has 2 rings (SSSR count). The van der Waals surface area contributed by atoms with Crippen molar-refractivity contribution in [1.29, 1.82) is 5.26 Å². The van der Waals surface area contributed by atoms with Gasteiger partial charge in [0.05, 0.1) is 17.8 Å². The van der Waals surface area contributed by atoms with Crippen LogP contribution in [0, 0.1) is 11.3 Å². The molecule has 1 aromatic heterocycles. The number of anilines is 1. The van der Waals surface area contributed by atoms with E-state index in [4.69, 9.17) is 11.0 Å². The van der Waals surface area contributed by atoms with Crippen LogP contribution in [0.5, 0.6) is 0 Å². The molecule has 1 heterocycles. The molecule has 3 N–H and O–H groups in total. The second-order valence-electron chi connectivity index (χ2n) is 4.22. The van der Waals surface area contributed by atoms with Crippen LogP contribution in [-0.4, -0.2) is 30.0 Å². The lowest BCUT2D eigenvalue weighted by Gasteiger charge is -2.16. The maximum atomic E-state index is 12.3. The van der Waals surface area contributed by atoms with Crippen molar-refractivity contribution in [2.75, 3.05) is 12.8 Å². The zero-order valence-corrected chi connectivity index (χ0v) is 11.6. The van der Waals surface area contributed by atoms with Gasteiger partial charge in [-0.1, -0.05) is 12.1 Å². The number of aromatic amines is 1. The van der Waals surface area contributed by atoms with Crippen LogP contribution in [-0.2, 0) is 16.6 Å². The first-order valence-electron chi connectivity index (χ1n) is 5.69. The minimum atomic E-state index is -3.69. The molecule has 0 saturated carbocycles. The second kappa shape index (κ2) is 5.32. The number of nitrogens with two attached hydrogens (primary N) is 1. The molecule has 0 fully saturated rings. The third-order valence-electron chi connectivity index (χ3n) is 2.81. The third-order valence-corrected chi connectivity index (χ3v) is 4.64. The van der Waals surface area contributed by atoms with Crippen molar-refractivity contribution < 1.29 is 8.42 Å². The van der Waals surface area contributed by atoms with E-state index >= 15 is 0 Å². The number of nitriles is 1. The summed E-state index contributed by atoms with van der Waals surface area (Å²) in [5.74, 6) is 0.0108. The second-order valence-corrected chi connectivity index (χ2v) is 6.23. The van der Waals surface area contributed by atoms with Crippen molar-refractivity contribution in [3.05, 3.63) is 41.6 Å². The highest BCUT2D eigenvalue weighted by molar-refractivity contribution is 7.89. The van der Waals surface area contributed by atoms with Gasteiger partial charge in [-0.25, -0.2) is 8.42 Å². The van der Waals surface area contributed by atoms with Crippen molar-refractivity contribution in [2.24, 2.45) is 0 Å². The minimum absolute atomic E-state index is 0.0108. The molecular formula is C12H13N5O2S. The first kappa shape index (κ1) is 14.0. The molecule has 1 aromatic carbocycles. The lowest BCUT2D eigenvalue weighted by atomic mass is 10.1. The van der Waals surface area contributed by atoms with Crippen LogP contribution in [0.15, 0.2) is 35.4 Å². The largest absolute Gasteiger partial charge is 0.383 e. The number of benzene rings is 1. The molecular weight excluding hydrogens is 278 g/mol. The van der Waals surface area contributed by atoms with E-state index < -0.39 is 10.0 Å². The van der Waals surface area contributed by atoms with Gasteiger partial charge in [0, 0.05) is 13.6 Å². The zero-order chi connectivity index (χ0) is 14.8. The fraction of sp³-hybridized carbons (Fsp3) is 0.167. The molecule has 0 spiro atoms. The van der Waals surface area contributed by atoms with Crippen LogP contribution in [0.2, 0.25) is 0 Å².